The van der Waals surface area contributed by atoms with Gasteiger partial charge in [0.2, 0.25) is 0 Å². The van der Waals surface area contributed by atoms with Crippen LogP contribution in [0.5, 0.6) is 0 Å². The lowest BCUT2D eigenvalue weighted by molar-refractivity contribution is -0.0127. The van der Waals surface area contributed by atoms with Crippen LogP contribution in [0, 0.1) is 0 Å². The molecular weight excluding hydrogens is 248 g/mol. The van der Waals surface area contributed by atoms with Gasteiger partial charge in [0.25, 0.3) is 0 Å². The van der Waals surface area contributed by atoms with E-state index in [2.05, 4.69) is 36.5 Å². The van der Waals surface area contributed by atoms with Gasteiger partial charge in [0.1, 0.15) is 5.01 Å². The van der Waals surface area contributed by atoms with Crippen LogP contribution >= 0.6 is 11.3 Å². The highest BCUT2D eigenvalue weighted by molar-refractivity contribution is 7.09. The van der Waals surface area contributed by atoms with Crippen molar-refractivity contribution in [2.75, 3.05) is 20.3 Å². The molecule has 0 radical (unpaired) electrons. The summed E-state index contributed by atoms with van der Waals surface area (Å²) in [4.78, 5) is 4.50. The van der Waals surface area contributed by atoms with E-state index in [4.69, 9.17) is 9.47 Å². The molecule has 0 spiro atoms. The maximum absolute atomic E-state index is 5.62. The second kappa shape index (κ2) is 7.84. The van der Waals surface area contributed by atoms with E-state index in [9.17, 15) is 0 Å². The summed E-state index contributed by atoms with van der Waals surface area (Å²) in [5.74, 6) is 0. The van der Waals surface area contributed by atoms with E-state index in [1.807, 2.05) is 0 Å². The molecule has 0 saturated heterocycles. The minimum Gasteiger partial charge on any atom is -0.379 e. The van der Waals surface area contributed by atoms with Crippen molar-refractivity contribution in [2.24, 2.45) is 0 Å². The molecule has 0 aliphatic carbocycles. The lowest BCUT2D eigenvalue weighted by Crippen LogP contribution is -2.24. The van der Waals surface area contributed by atoms with Gasteiger partial charge in [0.15, 0.2) is 0 Å². The van der Waals surface area contributed by atoms with Gasteiger partial charge in [-0.05, 0) is 26.8 Å². The summed E-state index contributed by atoms with van der Waals surface area (Å²) in [6, 6.07) is 0. The van der Waals surface area contributed by atoms with Crippen LogP contribution in [-0.2, 0) is 22.6 Å². The first-order valence-corrected chi connectivity index (χ1v) is 7.22. The molecule has 1 rings (SSSR count). The Kier molecular flexibility index (Phi) is 6.78. The fraction of sp³-hybridized carbons (Fsp3) is 0.769. The third-order valence-corrected chi connectivity index (χ3v) is 3.67. The van der Waals surface area contributed by atoms with Crippen LogP contribution in [0.4, 0.5) is 0 Å². The highest BCUT2D eigenvalue weighted by Gasteiger charge is 2.15. The van der Waals surface area contributed by atoms with Gasteiger partial charge in [-0.15, -0.1) is 11.3 Å². The molecule has 1 aromatic rings. The quantitative estimate of drug-likeness (QED) is 0.702. The van der Waals surface area contributed by atoms with Gasteiger partial charge < -0.3 is 14.8 Å². The van der Waals surface area contributed by atoms with Crippen LogP contribution in [0.25, 0.3) is 0 Å². The maximum Gasteiger partial charge on any atom is 0.107 e. The average molecular weight is 272 g/mol. The highest BCUT2D eigenvalue weighted by Crippen LogP contribution is 2.14. The Morgan fingerprint density at radius 1 is 1.44 bits per heavy atom. The number of hydrogen-bond donors (Lipinski definition) is 1. The van der Waals surface area contributed by atoms with Gasteiger partial charge in [0, 0.05) is 25.6 Å². The van der Waals surface area contributed by atoms with Crippen molar-refractivity contribution in [1.29, 1.82) is 0 Å². The summed E-state index contributed by atoms with van der Waals surface area (Å²) in [7, 11) is 1.73. The minimum absolute atomic E-state index is 0.113. The number of ether oxygens (including phenoxy) is 2. The van der Waals surface area contributed by atoms with Crippen molar-refractivity contribution in [3.05, 3.63) is 16.1 Å². The van der Waals surface area contributed by atoms with Crippen molar-refractivity contribution < 1.29 is 9.47 Å². The fourth-order valence-corrected chi connectivity index (χ4v) is 2.07. The zero-order chi connectivity index (χ0) is 13.4. The fourth-order valence-electron chi connectivity index (χ4n) is 1.33. The zero-order valence-electron chi connectivity index (χ0n) is 11.8. The molecule has 1 N–H and O–H groups in total. The summed E-state index contributed by atoms with van der Waals surface area (Å²) < 4.78 is 11.0. The first-order valence-electron chi connectivity index (χ1n) is 6.34. The molecule has 104 valence electrons. The van der Waals surface area contributed by atoms with Gasteiger partial charge in [-0.2, -0.15) is 0 Å². The lowest BCUT2D eigenvalue weighted by Gasteiger charge is -2.22. The molecule has 0 aliphatic heterocycles. The summed E-state index contributed by atoms with van der Waals surface area (Å²) in [6.07, 6.45) is 0.887. The van der Waals surface area contributed by atoms with Crippen LogP contribution in [-0.4, -0.2) is 30.8 Å². The van der Waals surface area contributed by atoms with Gasteiger partial charge in [-0.25, -0.2) is 4.98 Å². The van der Waals surface area contributed by atoms with Crippen LogP contribution < -0.4 is 5.32 Å². The summed E-state index contributed by atoms with van der Waals surface area (Å²) in [5.41, 5.74) is 0.904. The van der Waals surface area contributed by atoms with Crippen molar-refractivity contribution in [3.8, 4) is 0 Å². The molecule has 0 atom stereocenters. The van der Waals surface area contributed by atoms with E-state index >= 15 is 0 Å². The molecule has 1 heterocycles. The number of aromatic nitrogens is 1. The largest absolute Gasteiger partial charge is 0.379 e. The third kappa shape index (κ3) is 5.91. The van der Waals surface area contributed by atoms with Crippen LogP contribution in [0.15, 0.2) is 5.38 Å². The van der Waals surface area contributed by atoms with Crippen molar-refractivity contribution in [1.82, 2.24) is 10.3 Å². The van der Waals surface area contributed by atoms with E-state index in [0.717, 1.165) is 30.2 Å². The average Bonchev–Trinajstić information content (AvgIpc) is 2.80. The topological polar surface area (TPSA) is 43.4 Å². The molecule has 0 saturated carbocycles. The molecule has 0 aliphatic rings. The predicted molar refractivity (Wildman–Crippen MR) is 74.9 cm³/mol. The number of nitrogens with zero attached hydrogens (tertiary/aromatic N) is 1. The normalized spacial score (nSPS) is 12.0. The molecule has 1 aromatic heterocycles. The first kappa shape index (κ1) is 15.6. The van der Waals surface area contributed by atoms with E-state index in [1.54, 1.807) is 18.4 Å². The molecule has 0 aromatic carbocycles. The molecule has 0 bridgehead atoms. The van der Waals surface area contributed by atoms with Crippen LogP contribution in [0.3, 0.4) is 0 Å². The van der Waals surface area contributed by atoms with Gasteiger partial charge in [-0.1, -0.05) is 6.92 Å². The first-order chi connectivity index (χ1) is 8.57. The molecular formula is C13H24N2O2S. The zero-order valence-corrected chi connectivity index (χ0v) is 12.6. The van der Waals surface area contributed by atoms with Crippen molar-refractivity contribution in [3.63, 3.8) is 0 Å². The van der Waals surface area contributed by atoms with Crippen LogP contribution in [0.1, 0.15) is 37.9 Å². The molecule has 0 amide bonds. The van der Waals surface area contributed by atoms with Crippen molar-refractivity contribution >= 4 is 11.3 Å². The Morgan fingerprint density at radius 2 is 2.22 bits per heavy atom. The summed E-state index contributed by atoms with van der Waals surface area (Å²) >= 11 is 1.68. The molecule has 0 fully saturated rings. The second-order valence-corrected chi connectivity index (χ2v) is 5.72. The molecule has 5 heteroatoms. The standard InChI is InChI=1S/C13H24N2O2S/c1-5-14-8-12-15-11(10-18-12)9-17-7-6-13(2,3)16-4/h10,14H,5-9H2,1-4H3. The van der Waals surface area contributed by atoms with Crippen LogP contribution in [0.2, 0.25) is 0 Å². The second-order valence-electron chi connectivity index (χ2n) is 4.78. The molecule has 4 nitrogen and oxygen atoms in total. The Labute approximate surface area is 114 Å². The van der Waals surface area contributed by atoms with E-state index in [1.165, 1.54) is 0 Å². The number of thiazole rings is 1. The monoisotopic (exact) mass is 272 g/mol. The summed E-state index contributed by atoms with van der Waals surface area (Å²) in [5, 5.41) is 6.45. The summed E-state index contributed by atoms with van der Waals surface area (Å²) in [6.45, 7) is 9.31. The van der Waals surface area contributed by atoms with E-state index in [0.29, 0.717) is 13.2 Å². The minimum atomic E-state index is -0.113. The predicted octanol–water partition coefficient (Wildman–Crippen LogP) is 2.58. The van der Waals surface area contributed by atoms with Gasteiger partial charge in [0.05, 0.1) is 17.9 Å². The Bertz CT molecular complexity index is 339. The Balaban J connectivity index is 2.21. The van der Waals surface area contributed by atoms with E-state index in [-0.39, 0.29) is 5.60 Å². The number of nitrogens with one attached hydrogen (secondary N) is 1. The number of methoxy groups -OCH3 is 1. The lowest BCUT2D eigenvalue weighted by atomic mass is 10.1. The Morgan fingerprint density at radius 3 is 2.89 bits per heavy atom. The van der Waals surface area contributed by atoms with Gasteiger partial charge >= 0.3 is 0 Å². The molecule has 18 heavy (non-hydrogen) atoms. The number of hydrogen-bond acceptors (Lipinski definition) is 5. The highest BCUT2D eigenvalue weighted by atomic mass is 32.1. The SMILES string of the molecule is CCNCc1nc(COCCC(C)(C)OC)cs1. The smallest absolute Gasteiger partial charge is 0.107 e. The van der Waals surface area contributed by atoms with Crippen molar-refractivity contribution in [2.45, 2.75) is 45.9 Å². The molecule has 0 unspecified atom stereocenters. The number of rotatable bonds is 9. The Hall–Kier alpha value is -0.490. The van der Waals surface area contributed by atoms with Gasteiger partial charge in [-0.3, -0.25) is 0 Å². The third-order valence-electron chi connectivity index (χ3n) is 2.78. The maximum atomic E-state index is 5.62. The van der Waals surface area contributed by atoms with E-state index < -0.39 is 0 Å².